The van der Waals surface area contributed by atoms with Gasteiger partial charge in [0.25, 0.3) is 0 Å². The van der Waals surface area contributed by atoms with E-state index in [1.165, 1.54) is 11.1 Å². The Bertz CT molecular complexity index is 799. The SMILES string of the molecule is C1=C(c2ccccc2)CC2(c3ccccc3)OOC3(CCSCC3)OC12. The standard InChI is InChI=1S/C22H22O3S/c1-3-7-17(8-4-1)18-15-20-22(16-18,19-9-5-2-6-10-19)25-24-21(23-20)11-13-26-14-12-21/h1-10,15,20H,11-14,16H2. The highest BCUT2D eigenvalue weighted by Crippen LogP contribution is 2.52. The Hall–Kier alpha value is -1.59. The lowest BCUT2D eigenvalue weighted by Crippen LogP contribution is -2.55. The molecule has 0 saturated carbocycles. The molecule has 3 aliphatic rings. The van der Waals surface area contributed by atoms with Gasteiger partial charge in [-0.1, -0.05) is 60.7 Å². The summed E-state index contributed by atoms with van der Waals surface area (Å²) >= 11 is 1.95. The lowest BCUT2D eigenvalue weighted by molar-refractivity contribution is -0.527. The van der Waals surface area contributed by atoms with Crippen LogP contribution in [-0.4, -0.2) is 23.4 Å². The molecule has 2 saturated heterocycles. The second-order valence-corrected chi connectivity index (χ2v) is 8.44. The van der Waals surface area contributed by atoms with Crippen molar-refractivity contribution in [2.75, 3.05) is 11.5 Å². The fraction of sp³-hybridized carbons (Fsp3) is 0.364. The molecule has 26 heavy (non-hydrogen) atoms. The van der Waals surface area contributed by atoms with Crippen molar-refractivity contribution in [3.05, 3.63) is 77.9 Å². The first-order valence-corrected chi connectivity index (χ1v) is 10.4. The van der Waals surface area contributed by atoms with E-state index in [0.29, 0.717) is 0 Å². The van der Waals surface area contributed by atoms with Crippen LogP contribution in [-0.2, 0) is 20.1 Å². The topological polar surface area (TPSA) is 27.7 Å². The van der Waals surface area contributed by atoms with Crippen LogP contribution in [0.2, 0.25) is 0 Å². The van der Waals surface area contributed by atoms with Crippen molar-refractivity contribution in [3.8, 4) is 0 Å². The first-order valence-electron chi connectivity index (χ1n) is 9.24. The highest BCUT2D eigenvalue weighted by molar-refractivity contribution is 7.99. The van der Waals surface area contributed by atoms with Crippen LogP contribution in [0.15, 0.2) is 66.7 Å². The summed E-state index contributed by atoms with van der Waals surface area (Å²) in [5.41, 5.74) is 2.97. The predicted octanol–water partition coefficient (Wildman–Crippen LogP) is 4.94. The third-order valence-electron chi connectivity index (χ3n) is 5.61. The summed E-state index contributed by atoms with van der Waals surface area (Å²) in [4.78, 5) is 12.2. The Balaban J connectivity index is 1.54. The highest BCUT2D eigenvalue weighted by atomic mass is 32.2. The predicted molar refractivity (Wildman–Crippen MR) is 103 cm³/mol. The average molecular weight is 366 g/mol. The van der Waals surface area contributed by atoms with Crippen molar-refractivity contribution in [2.24, 2.45) is 0 Å². The third-order valence-corrected chi connectivity index (χ3v) is 6.60. The number of benzene rings is 2. The summed E-state index contributed by atoms with van der Waals surface area (Å²) in [6, 6.07) is 20.8. The van der Waals surface area contributed by atoms with Gasteiger partial charge in [0.2, 0.25) is 5.79 Å². The molecule has 1 aliphatic carbocycles. The molecule has 0 N–H and O–H groups in total. The van der Waals surface area contributed by atoms with Gasteiger partial charge in [-0.25, -0.2) is 4.89 Å². The third kappa shape index (κ3) is 2.72. The lowest BCUT2D eigenvalue weighted by atomic mass is 9.87. The molecule has 3 nitrogen and oxygen atoms in total. The van der Waals surface area contributed by atoms with E-state index in [9.17, 15) is 0 Å². The van der Waals surface area contributed by atoms with Gasteiger partial charge >= 0.3 is 0 Å². The molecule has 0 bridgehead atoms. The first-order chi connectivity index (χ1) is 12.8. The number of ether oxygens (including phenoxy) is 1. The first kappa shape index (κ1) is 16.6. The zero-order chi connectivity index (χ0) is 17.5. The Labute approximate surface area is 158 Å². The van der Waals surface area contributed by atoms with Gasteiger partial charge in [-0.05, 0) is 34.3 Å². The van der Waals surface area contributed by atoms with Gasteiger partial charge in [0.05, 0.1) is 0 Å². The molecule has 2 aromatic rings. The van der Waals surface area contributed by atoms with Crippen LogP contribution >= 0.6 is 11.8 Å². The Morgan fingerprint density at radius 3 is 2.27 bits per heavy atom. The quantitative estimate of drug-likeness (QED) is 0.704. The van der Waals surface area contributed by atoms with E-state index in [-0.39, 0.29) is 6.10 Å². The van der Waals surface area contributed by atoms with E-state index < -0.39 is 11.4 Å². The molecule has 0 amide bonds. The number of hydrogen-bond acceptors (Lipinski definition) is 4. The van der Waals surface area contributed by atoms with Crippen molar-refractivity contribution in [1.82, 2.24) is 0 Å². The van der Waals surface area contributed by atoms with Crippen LogP contribution in [0.25, 0.3) is 5.57 Å². The van der Waals surface area contributed by atoms with Crippen LogP contribution in [0.4, 0.5) is 0 Å². The monoisotopic (exact) mass is 366 g/mol. The molecular formula is C22H22O3S. The van der Waals surface area contributed by atoms with Crippen LogP contribution < -0.4 is 0 Å². The summed E-state index contributed by atoms with van der Waals surface area (Å²) in [6.45, 7) is 0. The van der Waals surface area contributed by atoms with E-state index in [1.807, 2.05) is 36.0 Å². The number of fused-ring (bicyclic) bond motifs is 1. The zero-order valence-corrected chi connectivity index (χ0v) is 15.4. The number of thioether (sulfide) groups is 1. The smallest absolute Gasteiger partial charge is 0.203 e. The fourth-order valence-corrected chi connectivity index (χ4v) is 5.25. The number of hydrogen-bond donors (Lipinski definition) is 0. The summed E-state index contributed by atoms with van der Waals surface area (Å²) < 4.78 is 6.61. The van der Waals surface area contributed by atoms with Gasteiger partial charge in [0.15, 0.2) is 5.60 Å². The van der Waals surface area contributed by atoms with Crippen LogP contribution in [0.5, 0.6) is 0 Å². The molecule has 2 unspecified atom stereocenters. The number of rotatable bonds is 2. The van der Waals surface area contributed by atoms with Gasteiger partial charge in [-0.2, -0.15) is 16.6 Å². The molecule has 2 aliphatic heterocycles. The second-order valence-electron chi connectivity index (χ2n) is 7.22. The minimum atomic E-state index is -0.609. The molecule has 4 heteroatoms. The van der Waals surface area contributed by atoms with Crippen molar-refractivity contribution < 1.29 is 14.5 Å². The van der Waals surface area contributed by atoms with E-state index in [0.717, 1.165) is 36.3 Å². The Morgan fingerprint density at radius 1 is 0.846 bits per heavy atom. The summed E-state index contributed by atoms with van der Waals surface area (Å²) in [5.74, 6) is 1.49. The van der Waals surface area contributed by atoms with Gasteiger partial charge in [-0.3, -0.25) is 0 Å². The molecule has 0 aromatic heterocycles. The fourth-order valence-electron chi connectivity index (χ4n) is 4.14. The molecule has 0 radical (unpaired) electrons. The van der Waals surface area contributed by atoms with Gasteiger partial charge in [-0.15, -0.1) is 0 Å². The maximum Gasteiger partial charge on any atom is 0.203 e. The molecule has 2 fully saturated rings. The lowest BCUT2D eigenvalue weighted by Gasteiger charge is -2.48. The highest BCUT2D eigenvalue weighted by Gasteiger charge is 2.56. The van der Waals surface area contributed by atoms with Crippen molar-refractivity contribution >= 4 is 17.3 Å². The molecule has 1 spiro atoms. The van der Waals surface area contributed by atoms with E-state index in [1.54, 1.807) is 0 Å². The zero-order valence-electron chi connectivity index (χ0n) is 14.6. The van der Waals surface area contributed by atoms with E-state index in [2.05, 4.69) is 42.5 Å². The second kappa shape index (κ2) is 6.54. The van der Waals surface area contributed by atoms with Crippen molar-refractivity contribution in [2.45, 2.75) is 36.8 Å². The normalized spacial score (nSPS) is 30.0. The largest absolute Gasteiger partial charge is 0.336 e. The maximum atomic E-state index is 6.61. The summed E-state index contributed by atoms with van der Waals surface area (Å²) in [7, 11) is 0. The van der Waals surface area contributed by atoms with Gasteiger partial charge in [0, 0.05) is 19.3 Å². The molecule has 2 heterocycles. The van der Waals surface area contributed by atoms with Gasteiger partial charge < -0.3 is 4.74 Å². The van der Waals surface area contributed by atoms with Gasteiger partial charge in [0.1, 0.15) is 6.10 Å². The molecule has 2 atom stereocenters. The van der Waals surface area contributed by atoms with Crippen LogP contribution in [0.3, 0.4) is 0 Å². The van der Waals surface area contributed by atoms with E-state index in [4.69, 9.17) is 14.5 Å². The minimum absolute atomic E-state index is 0.142. The van der Waals surface area contributed by atoms with Crippen LogP contribution in [0, 0.1) is 0 Å². The molecule has 2 aromatic carbocycles. The average Bonchev–Trinajstić information content (AvgIpc) is 3.10. The van der Waals surface area contributed by atoms with Crippen molar-refractivity contribution in [1.29, 1.82) is 0 Å². The van der Waals surface area contributed by atoms with E-state index >= 15 is 0 Å². The maximum absolute atomic E-state index is 6.61. The van der Waals surface area contributed by atoms with Crippen LogP contribution in [0.1, 0.15) is 30.4 Å². The Morgan fingerprint density at radius 2 is 1.54 bits per heavy atom. The molecular weight excluding hydrogens is 344 g/mol. The minimum Gasteiger partial charge on any atom is -0.336 e. The summed E-state index contributed by atoms with van der Waals surface area (Å²) in [5, 5.41) is 0. The Kier molecular flexibility index (Phi) is 4.17. The molecule has 5 rings (SSSR count). The summed E-state index contributed by atoms with van der Waals surface area (Å²) in [6.07, 6.45) is 4.59. The van der Waals surface area contributed by atoms with Crippen molar-refractivity contribution in [3.63, 3.8) is 0 Å². The molecule has 134 valence electrons.